The van der Waals surface area contributed by atoms with Gasteiger partial charge in [-0.05, 0) is 55.9 Å². The van der Waals surface area contributed by atoms with E-state index in [1.807, 2.05) is 6.07 Å². The van der Waals surface area contributed by atoms with Crippen LogP contribution in [0.2, 0.25) is 0 Å². The third-order valence-corrected chi connectivity index (χ3v) is 7.30. The standard InChI is InChI=1S/C29H24F3N7O2/c30-21-4-1-5-23(25(21)32)41-19-8-9-20(22(31)12-19)26-24-27(34)35-15-36-28(24)39(37-26)14-18-3-2-10-38(18)29(40)17(13-33)11-16-6-7-16/h1,4-5,8-9,11-12,15-16,18H,2-3,6-7,10,14H2,(H2,34,35,36)/b17-11+/t18-/m0/s1. The molecule has 1 aliphatic heterocycles. The molecule has 4 aromatic rings. The molecule has 2 aromatic carbocycles. The molecule has 1 atom stereocenters. The minimum absolute atomic E-state index is 0.0450. The maximum Gasteiger partial charge on any atom is 0.264 e. The SMILES string of the molecule is N#C/C(=C\C1CC1)C(=O)N1CCC[C@H]1Cn1nc(-c2ccc(Oc3cccc(F)c3F)cc2F)c2c(N)ncnc21. The number of benzene rings is 2. The van der Waals surface area contributed by atoms with Crippen LogP contribution in [0.3, 0.4) is 0 Å². The summed E-state index contributed by atoms with van der Waals surface area (Å²) < 4.78 is 50.0. The van der Waals surface area contributed by atoms with E-state index in [2.05, 4.69) is 15.1 Å². The molecule has 1 saturated carbocycles. The molecular weight excluding hydrogens is 535 g/mol. The first-order chi connectivity index (χ1) is 19.8. The topological polar surface area (TPSA) is 123 Å². The van der Waals surface area contributed by atoms with Gasteiger partial charge in [-0.15, -0.1) is 0 Å². The van der Waals surface area contributed by atoms with Crippen molar-refractivity contribution in [3.05, 3.63) is 71.8 Å². The van der Waals surface area contributed by atoms with Gasteiger partial charge in [-0.25, -0.2) is 23.4 Å². The summed E-state index contributed by atoms with van der Waals surface area (Å²) in [5.41, 5.74) is 6.95. The lowest BCUT2D eigenvalue weighted by Gasteiger charge is -2.24. The van der Waals surface area contributed by atoms with Crippen LogP contribution in [0.25, 0.3) is 22.3 Å². The molecule has 6 rings (SSSR count). The molecular formula is C29H24F3N7O2. The van der Waals surface area contributed by atoms with Gasteiger partial charge in [0.05, 0.1) is 18.0 Å². The smallest absolute Gasteiger partial charge is 0.264 e. The van der Waals surface area contributed by atoms with Crippen molar-refractivity contribution in [3.8, 4) is 28.8 Å². The summed E-state index contributed by atoms with van der Waals surface area (Å²) in [6.45, 7) is 0.765. The van der Waals surface area contributed by atoms with E-state index in [0.29, 0.717) is 24.0 Å². The predicted octanol–water partition coefficient (Wildman–Crippen LogP) is 5.14. The molecule has 2 aliphatic rings. The number of carbonyl (C=O) groups excluding carboxylic acids is 1. The molecule has 1 aliphatic carbocycles. The van der Waals surface area contributed by atoms with E-state index >= 15 is 4.39 Å². The van der Waals surface area contributed by atoms with Crippen molar-refractivity contribution in [2.75, 3.05) is 12.3 Å². The van der Waals surface area contributed by atoms with E-state index in [1.165, 1.54) is 30.6 Å². The minimum Gasteiger partial charge on any atom is -0.454 e. The molecule has 0 unspecified atom stereocenters. The minimum atomic E-state index is -1.18. The summed E-state index contributed by atoms with van der Waals surface area (Å²) in [6.07, 6.45) is 6.47. The highest BCUT2D eigenvalue weighted by Crippen LogP contribution is 2.36. The van der Waals surface area contributed by atoms with Gasteiger partial charge in [-0.2, -0.15) is 14.8 Å². The second-order valence-electron chi connectivity index (χ2n) is 10.1. The van der Waals surface area contributed by atoms with Gasteiger partial charge in [0.15, 0.2) is 17.2 Å². The number of hydrogen-bond donors (Lipinski definition) is 1. The highest BCUT2D eigenvalue weighted by Gasteiger charge is 2.33. The first-order valence-corrected chi connectivity index (χ1v) is 13.2. The summed E-state index contributed by atoms with van der Waals surface area (Å²) in [5, 5.41) is 14.5. The Morgan fingerprint density at radius 2 is 1.98 bits per heavy atom. The fraction of sp³-hybridized carbons (Fsp3) is 0.276. The van der Waals surface area contributed by atoms with Crippen molar-refractivity contribution in [1.29, 1.82) is 5.26 Å². The molecule has 2 N–H and O–H groups in total. The molecule has 1 saturated heterocycles. The van der Waals surface area contributed by atoms with Gasteiger partial charge in [0, 0.05) is 18.2 Å². The number of amides is 1. The highest BCUT2D eigenvalue weighted by molar-refractivity contribution is 5.99. The average molecular weight is 560 g/mol. The normalized spacial score (nSPS) is 17.2. The molecule has 208 valence electrons. The Balaban J connectivity index is 1.32. The number of rotatable bonds is 7. The van der Waals surface area contributed by atoms with E-state index in [1.54, 1.807) is 15.7 Å². The summed E-state index contributed by atoms with van der Waals surface area (Å²) in [4.78, 5) is 23.3. The van der Waals surface area contributed by atoms with E-state index in [0.717, 1.165) is 31.4 Å². The quantitative estimate of drug-likeness (QED) is 0.246. The van der Waals surface area contributed by atoms with E-state index in [-0.39, 0.29) is 58.6 Å². The number of nitriles is 1. The van der Waals surface area contributed by atoms with Crippen LogP contribution in [-0.4, -0.2) is 43.1 Å². The summed E-state index contributed by atoms with van der Waals surface area (Å²) >= 11 is 0. The molecule has 1 amide bonds. The summed E-state index contributed by atoms with van der Waals surface area (Å²) in [7, 11) is 0. The molecule has 2 aromatic heterocycles. The van der Waals surface area contributed by atoms with Crippen LogP contribution in [0.15, 0.2) is 54.4 Å². The molecule has 41 heavy (non-hydrogen) atoms. The Morgan fingerprint density at radius 3 is 2.73 bits per heavy atom. The van der Waals surface area contributed by atoms with E-state index < -0.39 is 17.5 Å². The fourth-order valence-electron chi connectivity index (χ4n) is 5.09. The van der Waals surface area contributed by atoms with Crippen LogP contribution >= 0.6 is 0 Å². The number of aromatic nitrogens is 4. The van der Waals surface area contributed by atoms with E-state index in [9.17, 15) is 18.8 Å². The molecule has 0 bridgehead atoms. The largest absolute Gasteiger partial charge is 0.454 e. The number of anilines is 1. The Morgan fingerprint density at radius 1 is 1.15 bits per heavy atom. The van der Waals surface area contributed by atoms with Crippen molar-refractivity contribution in [2.45, 2.75) is 38.3 Å². The Kier molecular flexibility index (Phi) is 6.78. The monoisotopic (exact) mass is 559 g/mol. The van der Waals surface area contributed by atoms with E-state index in [4.69, 9.17) is 10.5 Å². The van der Waals surface area contributed by atoms with Crippen LogP contribution in [-0.2, 0) is 11.3 Å². The zero-order valence-electron chi connectivity index (χ0n) is 21.7. The number of carbonyl (C=O) groups is 1. The molecule has 0 spiro atoms. The van der Waals surface area contributed by atoms with Gasteiger partial charge in [0.25, 0.3) is 5.91 Å². The second-order valence-corrected chi connectivity index (χ2v) is 10.1. The second kappa shape index (κ2) is 10.6. The van der Waals surface area contributed by atoms with Gasteiger partial charge < -0.3 is 15.4 Å². The maximum atomic E-state index is 15.4. The van der Waals surface area contributed by atoms with Crippen LogP contribution in [0.4, 0.5) is 19.0 Å². The van der Waals surface area contributed by atoms with Crippen molar-refractivity contribution < 1.29 is 22.7 Å². The third kappa shape index (κ3) is 5.06. The number of allylic oxidation sites excluding steroid dienone is 1. The molecule has 3 heterocycles. The number of nitrogens with zero attached hydrogens (tertiary/aromatic N) is 6. The van der Waals surface area contributed by atoms with Crippen LogP contribution in [0, 0.1) is 34.7 Å². The van der Waals surface area contributed by atoms with Crippen molar-refractivity contribution in [3.63, 3.8) is 0 Å². The van der Waals surface area contributed by atoms with Crippen LogP contribution in [0.1, 0.15) is 25.7 Å². The lowest BCUT2D eigenvalue weighted by atomic mass is 10.1. The number of likely N-dealkylation sites (tertiary alicyclic amines) is 1. The number of hydrogen-bond acceptors (Lipinski definition) is 7. The third-order valence-electron chi connectivity index (χ3n) is 7.30. The number of nitrogens with two attached hydrogens (primary N) is 1. The zero-order chi connectivity index (χ0) is 28.7. The maximum absolute atomic E-state index is 15.4. The van der Waals surface area contributed by atoms with Crippen molar-refractivity contribution in [1.82, 2.24) is 24.6 Å². The summed E-state index contributed by atoms with van der Waals surface area (Å²) in [5.74, 6) is -3.36. The van der Waals surface area contributed by atoms with Gasteiger partial charge in [-0.3, -0.25) is 4.79 Å². The first-order valence-electron chi connectivity index (χ1n) is 13.2. The predicted molar refractivity (Wildman–Crippen MR) is 143 cm³/mol. The zero-order valence-corrected chi connectivity index (χ0v) is 21.7. The lowest BCUT2D eigenvalue weighted by molar-refractivity contribution is -0.127. The van der Waals surface area contributed by atoms with Gasteiger partial charge in [-0.1, -0.05) is 12.1 Å². The molecule has 12 heteroatoms. The van der Waals surface area contributed by atoms with Crippen LogP contribution in [0.5, 0.6) is 11.5 Å². The fourth-order valence-corrected chi connectivity index (χ4v) is 5.09. The Bertz CT molecular complexity index is 1740. The van der Waals surface area contributed by atoms with Crippen molar-refractivity contribution in [2.24, 2.45) is 5.92 Å². The van der Waals surface area contributed by atoms with Gasteiger partial charge in [0.1, 0.15) is 41.0 Å². The first kappa shape index (κ1) is 26.3. The molecule has 2 fully saturated rings. The molecule has 9 nitrogen and oxygen atoms in total. The van der Waals surface area contributed by atoms with Gasteiger partial charge >= 0.3 is 0 Å². The van der Waals surface area contributed by atoms with Gasteiger partial charge in [0.2, 0.25) is 5.82 Å². The van der Waals surface area contributed by atoms with Crippen molar-refractivity contribution >= 4 is 22.8 Å². The number of halogens is 3. The summed E-state index contributed by atoms with van der Waals surface area (Å²) in [6, 6.07) is 9.10. The lowest BCUT2D eigenvalue weighted by Crippen LogP contribution is -2.39. The number of fused-ring (bicyclic) bond motifs is 1. The number of ether oxygens (including phenoxy) is 1. The van der Waals surface area contributed by atoms with Crippen LogP contribution < -0.4 is 10.5 Å². The Labute approximate surface area is 232 Å². The number of nitrogen functional groups attached to an aromatic ring is 1. The Hall–Kier alpha value is -4.92. The molecule has 0 radical (unpaired) electrons. The average Bonchev–Trinajstić information content (AvgIpc) is 3.54. The highest BCUT2D eigenvalue weighted by atomic mass is 19.2.